The molecule has 0 bridgehead atoms. The van der Waals surface area contributed by atoms with E-state index in [0.717, 1.165) is 4.47 Å². The van der Waals surface area contributed by atoms with E-state index in [9.17, 15) is 9.59 Å². The first-order valence-electron chi connectivity index (χ1n) is 7.54. The molecule has 0 aliphatic rings. The number of rotatable bonds is 7. The van der Waals surface area contributed by atoms with Crippen molar-refractivity contribution in [2.45, 2.75) is 6.92 Å². The zero-order valence-electron chi connectivity index (χ0n) is 13.9. The average Bonchev–Trinajstić information content (AvgIpc) is 2.62. The van der Waals surface area contributed by atoms with E-state index in [0.29, 0.717) is 22.8 Å². The van der Waals surface area contributed by atoms with Crippen LogP contribution in [0, 0.1) is 0 Å². The second-order valence-corrected chi connectivity index (χ2v) is 5.96. The number of hydrogen-bond acceptors (Lipinski definition) is 5. The number of methoxy groups -OCH3 is 1. The molecule has 0 unspecified atom stereocenters. The maximum atomic E-state index is 12.6. The number of amides is 1. The van der Waals surface area contributed by atoms with Crippen LogP contribution in [0.25, 0.3) is 0 Å². The van der Waals surface area contributed by atoms with Crippen molar-refractivity contribution in [1.29, 1.82) is 0 Å². The van der Waals surface area contributed by atoms with E-state index in [1.807, 2.05) is 0 Å². The highest BCUT2D eigenvalue weighted by molar-refractivity contribution is 9.10. The number of ether oxygens (including phenoxy) is 1. The van der Waals surface area contributed by atoms with E-state index < -0.39 is 0 Å². The quantitative estimate of drug-likeness (QED) is 0.689. The van der Waals surface area contributed by atoms with Crippen LogP contribution in [-0.4, -0.2) is 30.3 Å². The van der Waals surface area contributed by atoms with Gasteiger partial charge in [0.05, 0.1) is 19.2 Å². The number of hydrogen-bond donors (Lipinski definition) is 2. The number of aromatic nitrogens is 1. The predicted octanol–water partition coefficient (Wildman–Crippen LogP) is 3.66. The Morgan fingerprint density at radius 1 is 1.28 bits per heavy atom. The Morgan fingerprint density at radius 2 is 2.08 bits per heavy atom. The van der Waals surface area contributed by atoms with Gasteiger partial charge in [0.15, 0.2) is 5.78 Å². The second kappa shape index (κ2) is 8.98. The summed E-state index contributed by atoms with van der Waals surface area (Å²) >= 11 is 3.29. The van der Waals surface area contributed by atoms with Gasteiger partial charge in [0, 0.05) is 16.4 Å². The third-order valence-electron chi connectivity index (χ3n) is 3.25. The van der Waals surface area contributed by atoms with Crippen LogP contribution in [0.1, 0.15) is 17.3 Å². The summed E-state index contributed by atoms with van der Waals surface area (Å²) in [5, 5.41) is 5.70. The highest BCUT2D eigenvalue weighted by Crippen LogP contribution is 2.23. The molecule has 25 heavy (non-hydrogen) atoms. The van der Waals surface area contributed by atoms with Crippen molar-refractivity contribution in [3.63, 3.8) is 0 Å². The van der Waals surface area contributed by atoms with Crippen molar-refractivity contribution in [2.24, 2.45) is 0 Å². The van der Waals surface area contributed by atoms with Gasteiger partial charge in [0.2, 0.25) is 0 Å². The highest BCUT2D eigenvalue weighted by Gasteiger charge is 2.14. The Bertz CT molecular complexity index is 789. The van der Waals surface area contributed by atoms with Crippen LogP contribution >= 0.6 is 15.9 Å². The van der Waals surface area contributed by atoms with Crippen molar-refractivity contribution in [1.82, 2.24) is 4.98 Å². The van der Waals surface area contributed by atoms with E-state index in [-0.39, 0.29) is 18.2 Å². The maximum absolute atomic E-state index is 12.6. The molecule has 0 spiro atoms. The number of carbonyl (C=O) groups is 2. The lowest BCUT2D eigenvalue weighted by Crippen LogP contribution is -2.18. The third kappa shape index (κ3) is 5.42. The number of ketones is 1. The largest absolute Gasteiger partial charge is 0.497 e. The Labute approximate surface area is 154 Å². The fraction of sp³-hybridized carbons (Fsp3) is 0.167. The zero-order valence-corrected chi connectivity index (χ0v) is 15.5. The van der Waals surface area contributed by atoms with Crippen molar-refractivity contribution in [2.75, 3.05) is 24.3 Å². The first-order chi connectivity index (χ1) is 12.0. The molecule has 0 saturated carbocycles. The maximum Gasteiger partial charge on any atom is 0.259 e. The summed E-state index contributed by atoms with van der Waals surface area (Å²) < 4.78 is 6.00. The molecule has 1 aromatic heterocycles. The number of allylic oxidation sites excluding steroid dienone is 1. The smallest absolute Gasteiger partial charge is 0.259 e. The van der Waals surface area contributed by atoms with Crippen LogP contribution in [0.2, 0.25) is 0 Å². The molecule has 0 radical (unpaired) electrons. The summed E-state index contributed by atoms with van der Waals surface area (Å²) in [6.07, 6.45) is 4.74. The van der Waals surface area contributed by atoms with Gasteiger partial charge in [-0.3, -0.25) is 9.59 Å². The standard InChI is InChI=1S/C18H18BrN3O3/c1-3-4-13(23)11-20-16-7-6-14(25-2)9-15(16)18(24)22-17-8-5-12(19)10-21-17/h3-10,20H,11H2,1-2H3,(H,21,22,24)/b4-3+. The van der Waals surface area contributed by atoms with Crippen molar-refractivity contribution in [3.8, 4) is 5.75 Å². The van der Waals surface area contributed by atoms with Crippen LogP contribution in [-0.2, 0) is 4.79 Å². The molecule has 2 aromatic rings. The molecular formula is C18H18BrN3O3. The molecule has 0 aliphatic heterocycles. The first-order valence-corrected chi connectivity index (χ1v) is 8.33. The minimum Gasteiger partial charge on any atom is -0.497 e. The Hall–Kier alpha value is -2.67. The summed E-state index contributed by atoms with van der Waals surface area (Å²) in [6, 6.07) is 8.49. The summed E-state index contributed by atoms with van der Waals surface area (Å²) in [4.78, 5) is 28.4. The Balaban J connectivity index is 2.21. The molecule has 2 rings (SSSR count). The topological polar surface area (TPSA) is 80.3 Å². The van der Waals surface area contributed by atoms with Gasteiger partial charge in [-0.05, 0) is 59.3 Å². The second-order valence-electron chi connectivity index (χ2n) is 5.05. The predicted molar refractivity (Wildman–Crippen MR) is 101 cm³/mol. The summed E-state index contributed by atoms with van der Waals surface area (Å²) in [6.45, 7) is 1.86. The molecular weight excluding hydrogens is 386 g/mol. The summed E-state index contributed by atoms with van der Waals surface area (Å²) in [5.41, 5.74) is 0.894. The molecule has 2 N–H and O–H groups in total. The number of anilines is 2. The van der Waals surface area contributed by atoms with Crippen LogP contribution in [0.5, 0.6) is 5.75 Å². The van der Waals surface area contributed by atoms with Gasteiger partial charge in [0.25, 0.3) is 5.91 Å². The number of nitrogens with one attached hydrogen (secondary N) is 2. The average molecular weight is 404 g/mol. The van der Waals surface area contributed by atoms with Crippen LogP contribution in [0.4, 0.5) is 11.5 Å². The molecule has 1 heterocycles. The fourth-order valence-corrected chi connectivity index (χ4v) is 2.29. The molecule has 0 aliphatic carbocycles. The zero-order chi connectivity index (χ0) is 18.2. The van der Waals surface area contributed by atoms with Gasteiger partial charge in [-0.1, -0.05) is 6.08 Å². The minimum absolute atomic E-state index is 0.0840. The normalized spacial score (nSPS) is 10.5. The van der Waals surface area contributed by atoms with Gasteiger partial charge in [0.1, 0.15) is 11.6 Å². The van der Waals surface area contributed by atoms with Gasteiger partial charge >= 0.3 is 0 Å². The van der Waals surface area contributed by atoms with E-state index in [1.54, 1.807) is 49.5 Å². The lowest BCUT2D eigenvalue weighted by molar-refractivity contribution is -0.113. The molecule has 0 fully saturated rings. The van der Waals surface area contributed by atoms with Gasteiger partial charge < -0.3 is 15.4 Å². The SMILES string of the molecule is C/C=C/C(=O)CNc1ccc(OC)cc1C(=O)Nc1ccc(Br)cn1. The number of benzene rings is 1. The van der Waals surface area contributed by atoms with Crippen LogP contribution in [0.3, 0.4) is 0 Å². The van der Waals surface area contributed by atoms with Crippen molar-refractivity contribution >= 4 is 39.1 Å². The summed E-state index contributed by atoms with van der Waals surface area (Å²) in [5.74, 6) is 0.528. The van der Waals surface area contributed by atoms with E-state index in [4.69, 9.17) is 4.74 Å². The monoisotopic (exact) mass is 403 g/mol. The van der Waals surface area contributed by atoms with Gasteiger partial charge in [-0.2, -0.15) is 0 Å². The molecule has 1 amide bonds. The number of pyridine rings is 1. The molecule has 6 nitrogen and oxygen atoms in total. The molecule has 7 heteroatoms. The van der Waals surface area contributed by atoms with E-state index in [1.165, 1.54) is 13.2 Å². The molecule has 0 atom stereocenters. The lowest BCUT2D eigenvalue weighted by atomic mass is 10.1. The lowest BCUT2D eigenvalue weighted by Gasteiger charge is -2.13. The molecule has 1 aromatic carbocycles. The number of nitrogens with zero attached hydrogens (tertiary/aromatic N) is 1. The Morgan fingerprint density at radius 3 is 2.72 bits per heavy atom. The summed E-state index contributed by atoms with van der Waals surface area (Å²) in [7, 11) is 1.52. The third-order valence-corrected chi connectivity index (χ3v) is 3.72. The van der Waals surface area contributed by atoms with E-state index in [2.05, 4.69) is 31.5 Å². The Kier molecular flexibility index (Phi) is 6.71. The molecule has 0 saturated heterocycles. The van der Waals surface area contributed by atoms with Crippen LogP contribution in [0.15, 0.2) is 53.2 Å². The van der Waals surface area contributed by atoms with Gasteiger partial charge in [-0.25, -0.2) is 4.98 Å². The molecule has 130 valence electrons. The fourth-order valence-electron chi connectivity index (χ4n) is 2.05. The van der Waals surface area contributed by atoms with E-state index >= 15 is 0 Å². The first kappa shape index (κ1) is 18.7. The number of halogens is 1. The highest BCUT2D eigenvalue weighted by atomic mass is 79.9. The van der Waals surface area contributed by atoms with Crippen molar-refractivity contribution in [3.05, 3.63) is 58.7 Å². The number of carbonyl (C=O) groups excluding carboxylic acids is 2. The minimum atomic E-state index is -0.352. The van der Waals surface area contributed by atoms with Gasteiger partial charge in [-0.15, -0.1) is 0 Å². The van der Waals surface area contributed by atoms with Crippen molar-refractivity contribution < 1.29 is 14.3 Å². The van der Waals surface area contributed by atoms with Crippen LogP contribution < -0.4 is 15.4 Å².